The number of carbonyl (C=O) groups excluding carboxylic acids is 3. The molecule has 1 aromatic carbocycles. The molecule has 3 heterocycles. The Labute approximate surface area is 242 Å². The van der Waals surface area contributed by atoms with Crippen LogP contribution in [-0.4, -0.2) is 70.9 Å². The average molecular weight is 593 g/mol. The van der Waals surface area contributed by atoms with Gasteiger partial charge in [0.15, 0.2) is 11.5 Å². The van der Waals surface area contributed by atoms with E-state index < -0.39 is 35.7 Å². The maximum atomic E-state index is 13.9. The molecule has 1 unspecified atom stereocenters. The molecular weight excluding hydrogens is 557 g/mol. The van der Waals surface area contributed by atoms with Gasteiger partial charge < -0.3 is 29.3 Å². The molecule has 0 saturated carbocycles. The largest absolute Gasteiger partial charge is 0.471 e. The molecule has 2 aromatic rings. The van der Waals surface area contributed by atoms with Crippen molar-refractivity contribution in [3.05, 3.63) is 53.9 Å². The van der Waals surface area contributed by atoms with Crippen LogP contribution in [0, 0.1) is 5.92 Å². The van der Waals surface area contributed by atoms with E-state index in [0.717, 1.165) is 0 Å². The number of alkyl halides is 3. The molecule has 1 N–H and O–H groups in total. The number of halogens is 3. The molecule has 4 rings (SSSR count). The standard InChI is InChI=1S/C29H35F3N4O6/c1-28(2,3)42-27(39)35-13-8-19(9-14-35)10-15-36(26(38)29(30,31)32)24(21-4-5-22-23(16-21)41-18-40-22)25(37)34-17-20-6-11-33-12-7-20/h4-7,11-12,16,19,24H,8-10,13-15,17-18H2,1-3H3,(H,34,37). The number of ether oxygens (including phenoxy) is 3. The normalized spacial score (nSPS) is 16.1. The number of pyridine rings is 1. The molecule has 1 fully saturated rings. The number of nitrogens with zero attached hydrogens (tertiary/aromatic N) is 3. The first-order valence-electron chi connectivity index (χ1n) is 13.7. The van der Waals surface area contributed by atoms with E-state index in [1.54, 1.807) is 37.8 Å². The number of benzene rings is 1. The molecule has 1 aromatic heterocycles. The third kappa shape index (κ3) is 8.04. The second-order valence-electron chi connectivity index (χ2n) is 11.3. The molecule has 0 radical (unpaired) electrons. The monoisotopic (exact) mass is 592 g/mol. The van der Waals surface area contributed by atoms with Crippen molar-refractivity contribution < 1.29 is 41.8 Å². The van der Waals surface area contributed by atoms with E-state index in [2.05, 4.69) is 10.3 Å². The van der Waals surface area contributed by atoms with Gasteiger partial charge in [0.2, 0.25) is 12.7 Å². The second kappa shape index (κ2) is 12.9. The molecule has 0 aliphatic carbocycles. The van der Waals surface area contributed by atoms with Gasteiger partial charge in [-0.05, 0) is 81.3 Å². The topological polar surface area (TPSA) is 110 Å². The zero-order valence-electron chi connectivity index (χ0n) is 23.8. The van der Waals surface area contributed by atoms with Crippen LogP contribution in [0.25, 0.3) is 0 Å². The second-order valence-corrected chi connectivity index (χ2v) is 11.3. The molecule has 13 heteroatoms. The van der Waals surface area contributed by atoms with Crippen LogP contribution in [0.2, 0.25) is 0 Å². The number of hydrogen-bond acceptors (Lipinski definition) is 7. The highest BCUT2D eigenvalue weighted by atomic mass is 19.4. The molecule has 10 nitrogen and oxygen atoms in total. The predicted molar refractivity (Wildman–Crippen MR) is 144 cm³/mol. The van der Waals surface area contributed by atoms with Crippen molar-refractivity contribution in [3.63, 3.8) is 0 Å². The third-order valence-electron chi connectivity index (χ3n) is 7.04. The summed E-state index contributed by atoms with van der Waals surface area (Å²) in [4.78, 5) is 44.9. The third-order valence-corrected chi connectivity index (χ3v) is 7.04. The van der Waals surface area contributed by atoms with E-state index >= 15 is 0 Å². The minimum absolute atomic E-state index is 0.0274. The maximum Gasteiger partial charge on any atom is 0.471 e. The summed E-state index contributed by atoms with van der Waals surface area (Å²) in [6, 6.07) is 6.13. The van der Waals surface area contributed by atoms with Crippen LogP contribution in [0.3, 0.4) is 0 Å². The number of likely N-dealkylation sites (tertiary alicyclic amines) is 1. The number of carbonyl (C=O) groups is 3. The Morgan fingerprint density at radius 1 is 1.07 bits per heavy atom. The maximum absolute atomic E-state index is 13.9. The summed E-state index contributed by atoms with van der Waals surface area (Å²) in [5, 5.41) is 2.67. The number of hydrogen-bond donors (Lipinski definition) is 1. The van der Waals surface area contributed by atoms with Crippen molar-refractivity contribution >= 4 is 17.9 Å². The number of amides is 3. The van der Waals surface area contributed by atoms with E-state index in [1.807, 2.05) is 0 Å². The van der Waals surface area contributed by atoms with Gasteiger partial charge >= 0.3 is 18.2 Å². The fourth-order valence-electron chi connectivity index (χ4n) is 4.91. The zero-order valence-corrected chi connectivity index (χ0v) is 23.8. The molecular formula is C29H35F3N4O6. The lowest BCUT2D eigenvalue weighted by molar-refractivity contribution is -0.189. The van der Waals surface area contributed by atoms with Crippen LogP contribution in [0.5, 0.6) is 11.5 Å². The van der Waals surface area contributed by atoms with Gasteiger partial charge in [-0.3, -0.25) is 14.6 Å². The summed E-state index contributed by atoms with van der Waals surface area (Å²) in [6.45, 7) is 5.71. The zero-order chi connectivity index (χ0) is 30.5. The molecule has 42 heavy (non-hydrogen) atoms. The lowest BCUT2D eigenvalue weighted by atomic mass is 9.92. The van der Waals surface area contributed by atoms with Crippen LogP contribution in [0.15, 0.2) is 42.7 Å². The number of nitrogens with one attached hydrogen (secondary N) is 1. The lowest BCUT2D eigenvalue weighted by Crippen LogP contribution is -2.49. The van der Waals surface area contributed by atoms with Crippen LogP contribution in [-0.2, 0) is 20.9 Å². The summed E-state index contributed by atoms with van der Waals surface area (Å²) in [6.07, 6.45) is -1.33. The Balaban J connectivity index is 1.53. The van der Waals surface area contributed by atoms with E-state index in [9.17, 15) is 27.6 Å². The Kier molecular flexibility index (Phi) is 9.47. The highest BCUT2D eigenvalue weighted by Gasteiger charge is 2.47. The van der Waals surface area contributed by atoms with Crippen LogP contribution < -0.4 is 14.8 Å². The van der Waals surface area contributed by atoms with Crippen LogP contribution >= 0.6 is 0 Å². The molecule has 1 saturated heterocycles. The van der Waals surface area contributed by atoms with Gasteiger partial charge in [0.25, 0.3) is 0 Å². The van der Waals surface area contributed by atoms with E-state index in [4.69, 9.17) is 14.2 Å². The lowest BCUT2D eigenvalue weighted by Gasteiger charge is -2.36. The van der Waals surface area contributed by atoms with Gasteiger partial charge in [0.1, 0.15) is 11.6 Å². The summed E-state index contributed by atoms with van der Waals surface area (Å²) in [5.41, 5.74) is 0.200. The van der Waals surface area contributed by atoms with Gasteiger partial charge in [-0.2, -0.15) is 13.2 Å². The highest BCUT2D eigenvalue weighted by Crippen LogP contribution is 2.37. The van der Waals surface area contributed by atoms with Crippen LogP contribution in [0.4, 0.5) is 18.0 Å². The summed E-state index contributed by atoms with van der Waals surface area (Å²) in [7, 11) is 0. The SMILES string of the molecule is CC(C)(C)OC(=O)N1CCC(CCN(C(=O)C(F)(F)F)C(C(=O)NCc2ccncc2)c2ccc3c(c2)OCO3)CC1. The predicted octanol–water partition coefficient (Wildman–Crippen LogP) is 4.60. The van der Waals surface area contributed by atoms with Crippen molar-refractivity contribution in [1.82, 2.24) is 20.1 Å². The van der Waals surface area contributed by atoms with Crippen molar-refractivity contribution in [2.75, 3.05) is 26.4 Å². The number of rotatable bonds is 8. The van der Waals surface area contributed by atoms with Crippen molar-refractivity contribution in [2.24, 2.45) is 5.92 Å². The van der Waals surface area contributed by atoms with Gasteiger partial charge in [-0.15, -0.1) is 0 Å². The van der Waals surface area contributed by atoms with Gasteiger partial charge in [0, 0.05) is 38.6 Å². The van der Waals surface area contributed by atoms with E-state index in [1.165, 1.54) is 30.6 Å². The fraction of sp³-hybridized carbons (Fsp3) is 0.517. The van der Waals surface area contributed by atoms with Gasteiger partial charge in [0.05, 0.1) is 0 Å². The Hall–Kier alpha value is -4.03. The molecule has 3 amide bonds. The number of piperidine rings is 1. The van der Waals surface area contributed by atoms with Gasteiger partial charge in [-0.1, -0.05) is 6.07 Å². The smallest absolute Gasteiger partial charge is 0.454 e. The molecule has 228 valence electrons. The molecule has 0 spiro atoms. The Bertz CT molecular complexity index is 1260. The summed E-state index contributed by atoms with van der Waals surface area (Å²) < 4.78 is 57.9. The molecule has 1 atom stereocenters. The Morgan fingerprint density at radius 2 is 1.74 bits per heavy atom. The quantitative estimate of drug-likeness (QED) is 0.477. The molecule has 2 aliphatic heterocycles. The first-order valence-corrected chi connectivity index (χ1v) is 13.7. The van der Waals surface area contributed by atoms with E-state index in [0.29, 0.717) is 42.1 Å². The highest BCUT2D eigenvalue weighted by molar-refractivity contribution is 5.91. The molecule has 2 aliphatic rings. The van der Waals surface area contributed by atoms with Crippen LogP contribution in [0.1, 0.15) is 57.2 Å². The number of aromatic nitrogens is 1. The van der Waals surface area contributed by atoms with Gasteiger partial charge in [-0.25, -0.2) is 4.79 Å². The van der Waals surface area contributed by atoms with Crippen molar-refractivity contribution in [3.8, 4) is 11.5 Å². The minimum Gasteiger partial charge on any atom is -0.454 e. The average Bonchev–Trinajstić information content (AvgIpc) is 3.41. The minimum atomic E-state index is -5.21. The van der Waals surface area contributed by atoms with Crippen molar-refractivity contribution in [2.45, 2.75) is 64.4 Å². The summed E-state index contributed by atoms with van der Waals surface area (Å²) >= 11 is 0. The molecule has 0 bridgehead atoms. The number of fused-ring (bicyclic) bond motifs is 1. The Morgan fingerprint density at radius 3 is 2.38 bits per heavy atom. The summed E-state index contributed by atoms with van der Waals surface area (Å²) in [5.74, 6) is -2.29. The fourth-order valence-corrected chi connectivity index (χ4v) is 4.91. The first-order chi connectivity index (χ1) is 19.8. The van der Waals surface area contributed by atoms with E-state index in [-0.39, 0.29) is 43.5 Å². The van der Waals surface area contributed by atoms with Crippen molar-refractivity contribution in [1.29, 1.82) is 0 Å². The first kappa shape index (κ1) is 30.9.